The molecule has 35 heavy (non-hydrogen) atoms. The fourth-order valence-corrected chi connectivity index (χ4v) is 4.51. The molecule has 1 saturated heterocycles. The smallest absolute Gasteiger partial charge is 0.251 e. The zero-order valence-corrected chi connectivity index (χ0v) is 20.7. The zero-order valence-electron chi connectivity index (χ0n) is 20.7. The molecule has 0 aromatic heterocycles. The number of benzene rings is 3. The molecule has 2 N–H and O–H groups in total. The lowest BCUT2D eigenvalue weighted by molar-refractivity contribution is 0.0903. The van der Waals surface area contributed by atoms with E-state index in [9.17, 15) is 9.90 Å². The molecular formula is C29H35N3O3. The van der Waals surface area contributed by atoms with Crippen LogP contribution >= 0.6 is 0 Å². The van der Waals surface area contributed by atoms with Crippen molar-refractivity contribution in [2.45, 2.75) is 32.9 Å². The fourth-order valence-electron chi connectivity index (χ4n) is 4.51. The first-order valence-corrected chi connectivity index (χ1v) is 12.3. The number of nitrogens with one attached hydrogen (secondary N) is 1. The summed E-state index contributed by atoms with van der Waals surface area (Å²) in [4.78, 5) is 17.8. The SMILES string of the molecule is CC(C)C(CN1CCN(c2cccc(O)c2)[C@@H](C)C1)NC(=O)c1ccc(Oc2ccccc2)cc1. The number of phenolic OH excluding ortho intramolecular Hbond substituents is 1. The van der Waals surface area contributed by atoms with Crippen LogP contribution in [0.5, 0.6) is 17.2 Å². The van der Waals surface area contributed by atoms with E-state index < -0.39 is 0 Å². The van der Waals surface area contributed by atoms with Crippen LogP contribution in [0.4, 0.5) is 5.69 Å². The molecule has 3 aromatic carbocycles. The lowest BCUT2D eigenvalue weighted by Gasteiger charge is -2.42. The quantitative estimate of drug-likeness (QED) is 0.474. The molecule has 6 heteroatoms. The zero-order chi connectivity index (χ0) is 24.8. The van der Waals surface area contributed by atoms with Crippen LogP contribution in [-0.4, -0.2) is 54.2 Å². The van der Waals surface area contributed by atoms with Crippen molar-refractivity contribution in [2.75, 3.05) is 31.1 Å². The first-order valence-electron chi connectivity index (χ1n) is 12.3. The molecule has 0 saturated carbocycles. The largest absolute Gasteiger partial charge is 0.508 e. The van der Waals surface area contributed by atoms with Crippen molar-refractivity contribution in [1.29, 1.82) is 0 Å². The Bertz CT molecular complexity index is 1100. The maximum Gasteiger partial charge on any atom is 0.251 e. The Labute approximate surface area is 208 Å². The number of carbonyl (C=O) groups excluding carboxylic acids is 1. The minimum atomic E-state index is -0.0681. The molecule has 1 unspecified atom stereocenters. The highest BCUT2D eigenvalue weighted by Gasteiger charge is 2.27. The predicted molar refractivity (Wildman–Crippen MR) is 140 cm³/mol. The Hall–Kier alpha value is -3.51. The van der Waals surface area contributed by atoms with Gasteiger partial charge in [0.15, 0.2) is 0 Å². The van der Waals surface area contributed by atoms with Crippen LogP contribution in [-0.2, 0) is 0 Å². The summed E-state index contributed by atoms with van der Waals surface area (Å²) in [5, 5.41) is 13.1. The maximum absolute atomic E-state index is 13.0. The van der Waals surface area contributed by atoms with Crippen LogP contribution in [0, 0.1) is 5.92 Å². The molecule has 4 rings (SSSR count). The van der Waals surface area contributed by atoms with Gasteiger partial charge in [0.05, 0.1) is 0 Å². The molecule has 0 radical (unpaired) electrons. The number of nitrogens with zero attached hydrogens (tertiary/aromatic N) is 2. The van der Waals surface area contributed by atoms with Crippen molar-refractivity contribution < 1.29 is 14.6 Å². The van der Waals surface area contributed by atoms with E-state index in [4.69, 9.17) is 4.74 Å². The second kappa shape index (κ2) is 11.3. The molecule has 1 fully saturated rings. The monoisotopic (exact) mass is 473 g/mol. The lowest BCUT2D eigenvalue weighted by atomic mass is 10.0. The highest BCUT2D eigenvalue weighted by atomic mass is 16.5. The number of rotatable bonds is 8. The fraction of sp³-hybridized carbons (Fsp3) is 0.345. The Morgan fingerprint density at radius 3 is 2.37 bits per heavy atom. The molecule has 184 valence electrons. The van der Waals surface area contributed by atoms with Gasteiger partial charge >= 0.3 is 0 Å². The first kappa shape index (κ1) is 24.6. The number of amides is 1. The summed E-state index contributed by atoms with van der Waals surface area (Å²) in [6.45, 7) is 9.99. The summed E-state index contributed by atoms with van der Waals surface area (Å²) in [6.07, 6.45) is 0. The molecule has 1 aliphatic heterocycles. The van der Waals surface area contributed by atoms with Gasteiger partial charge in [0, 0.05) is 55.6 Å². The summed E-state index contributed by atoms with van der Waals surface area (Å²) in [5.74, 6) is 1.99. The molecular weight excluding hydrogens is 438 g/mol. The van der Waals surface area contributed by atoms with Gasteiger partial charge in [-0.3, -0.25) is 9.69 Å². The van der Waals surface area contributed by atoms with Crippen molar-refractivity contribution >= 4 is 11.6 Å². The van der Waals surface area contributed by atoms with E-state index in [2.05, 4.69) is 35.9 Å². The molecule has 2 atom stereocenters. The average molecular weight is 474 g/mol. The van der Waals surface area contributed by atoms with E-state index in [0.29, 0.717) is 29.0 Å². The number of para-hydroxylation sites is 1. The highest BCUT2D eigenvalue weighted by Crippen LogP contribution is 2.25. The van der Waals surface area contributed by atoms with Gasteiger partial charge in [0.2, 0.25) is 0 Å². The lowest BCUT2D eigenvalue weighted by Crippen LogP contribution is -2.56. The summed E-state index contributed by atoms with van der Waals surface area (Å²) in [7, 11) is 0. The van der Waals surface area contributed by atoms with Crippen LogP contribution in [0.2, 0.25) is 0 Å². The topological polar surface area (TPSA) is 65.0 Å². The average Bonchev–Trinajstić information content (AvgIpc) is 2.84. The minimum absolute atomic E-state index is 0.0438. The summed E-state index contributed by atoms with van der Waals surface area (Å²) >= 11 is 0. The number of hydrogen-bond acceptors (Lipinski definition) is 5. The van der Waals surface area contributed by atoms with Gasteiger partial charge in [-0.2, -0.15) is 0 Å². The molecule has 3 aromatic rings. The van der Waals surface area contributed by atoms with Crippen molar-refractivity contribution in [3.8, 4) is 17.2 Å². The third kappa shape index (κ3) is 6.55. The van der Waals surface area contributed by atoms with Gasteiger partial charge in [-0.15, -0.1) is 0 Å². The number of hydrogen-bond donors (Lipinski definition) is 2. The van der Waals surface area contributed by atoms with E-state index >= 15 is 0 Å². The van der Waals surface area contributed by atoms with Crippen LogP contribution in [0.15, 0.2) is 78.9 Å². The van der Waals surface area contributed by atoms with Crippen molar-refractivity contribution in [1.82, 2.24) is 10.2 Å². The highest BCUT2D eigenvalue weighted by molar-refractivity contribution is 5.94. The third-order valence-electron chi connectivity index (χ3n) is 6.54. The third-order valence-corrected chi connectivity index (χ3v) is 6.54. The summed E-state index contributed by atoms with van der Waals surface area (Å²) in [6, 6.07) is 24.7. The van der Waals surface area contributed by atoms with Gasteiger partial charge in [0.1, 0.15) is 17.2 Å². The molecule has 0 spiro atoms. The van der Waals surface area contributed by atoms with Crippen LogP contribution in [0.3, 0.4) is 0 Å². The summed E-state index contributed by atoms with van der Waals surface area (Å²) < 4.78 is 5.83. The standard InChI is InChI=1S/C29H35N3O3/c1-21(2)28(20-31-16-17-32(22(3)19-31)24-8-7-9-25(33)18-24)30-29(34)23-12-14-27(15-13-23)35-26-10-5-4-6-11-26/h4-15,18,21-22,28,33H,16-17,19-20H2,1-3H3,(H,30,34)/t22-,28?/m0/s1. The molecule has 1 aliphatic rings. The molecule has 0 bridgehead atoms. The Balaban J connectivity index is 1.33. The van der Waals surface area contributed by atoms with E-state index in [0.717, 1.165) is 37.6 Å². The molecule has 1 heterocycles. The van der Waals surface area contributed by atoms with Crippen molar-refractivity contribution in [2.24, 2.45) is 5.92 Å². The van der Waals surface area contributed by atoms with Gasteiger partial charge < -0.3 is 20.1 Å². The van der Waals surface area contributed by atoms with Crippen molar-refractivity contribution in [3.63, 3.8) is 0 Å². The van der Waals surface area contributed by atoms with E-state index in [1.807, 2.05) is 60.7 Å². The Morgan fingerprint density at radius 1 is 1.00 bits per heavy atom. The second-order valence-electron chi connectivity index (χ2n) is 9.59. The summed E-state index contributed by atoms with van der Waals surface area (Å²) in [5.41, 5.74) is 1.67. The van der Waals surface area contributed by atoms with Crippen LogP contribution in [0.1, 0.15) is 31.1 Å². The number of ether oxygens (including phenoxy) is 1. The normalized spacial score (nSPS) is 17.3. The van der Waals surface area contributed by atoms with Crippen molar-refractivity contribution in [3.05, 3.63) is 84.4 Å². The predicted octanol–water partition coefficient (Wildman–Crippen LogP) is 5.15. The molecule has 0 aliphatic carbocycles. The second-order valence-corrected chi connectivity index (χ2v) is 9.59. The van der Waals surface area contributed by atoms with Crippen LogP contribution < -0.4 is 15.0 Å². The van der Waals surface area contributed by atoms with Gasteiger partial charge in [-0.25, -0.2) is 0 Å². The molecule has 6 nitrogen and oxygen atoms in total. The Morgan fingerprint density at radius 2 is 1.71 bits per heavy atom. The van der Waals surface area contributed by atoms with E-state index in [-0.39, 0.29) is 11.9 Å². The molecule has 1 amide bonds. The number of aromatic hydroxyl groups is 1. The van der Waals surface area contributed by atoms with Gasteiger partial charge in [0.25, 0.3) is 5.91 Å². The number of carbonyl (C=O) groups is 1. The van der Waals surface area contributed by atoms with Crippen LogP contribution in [0.25, 0.3) is 0 Å². The Kier molecular flexibility index (Phi) is 7.93. The first-order chi connectivity index (χ1) is 16.9. The van der Waals surface area contributed by atoms with E-state index in [1.54, 1.807) is 18.2 Å². The minimum Gasteiger partial charge on any atom is -0.508 e. The van der Waals surface area contributed by atoms with Gasteiger partial charge in [-0.1, -0.05) is 38.1 Å². The number of piperazine rings is 1. The number of anilines is 1. The maximum atomic E-state index is 13.0. The van der Waals surface area contributed by atoms with Gasteiger partial charge in [-0.05, 0) is 61.4 Å². The number of phenols is 1. The van der Waals surface area contributed by atoms with E-state index in [1.165, 1.54) is 0 Å².